The summed E-state index contributed by atoms with van der Waals surface area (Å²) in [5.74, 6) is 1.16. The lowest BCUT2D eigenvalue weighted by Gasteiger charge is -2.22. The van der Waals surface area contributed by atoms with Crippen molar-refractivity contribution < 1.29 is 5.11 Å². The Morgan fingerprint density at radius 1 is 1.40 bits per heavy atom. The molecule has 0 spiro atoms. The minimum Gasteiger partial charge on any atom is -0.389 e. The van der Waals surface area contributed by atoms with Crippen LogP contribution in [-0.4, -0.2) is 10.7 Å². The zero-order valence-corrected chi connectivity index (χ0v) is 6.21. The topological polar surface area (TPSA) is 20.2 Å². The smallest absolute Gasteiger partial charge is 0.0712 e. The molecule has 56 valence electrons. The van der Waals surface area contributed by atoms with E-state index in [-0.39, 0.29) is 5.60 Å². The van der Waals surface area contributed by atoms with Crippen molar-refractivity contribution in [1.29, 1.82) is 0 Å². The fourth-order valence-electron chi connectivity index (χ4n) is 2.68. The van der Waals surface area contributed by atoms with E-state index in [0.717, 1.165) is 18.8 Å². The molecule has 1 N–H and O–H groups in total. The zero-order valence-electron chi connectivity index (χ0n) is 6.21. The van der Waals surface area contributed by atoms with Gasteiger partial charge in [0.1, 0.15) is 0 Å². The Morgan fingerprint density at radius 3 is 2.20 bits per heavy atom. The van der Waals surface area contributed by atoms with Crippen LogP contribution in [0.25, 0.3) is 0 Å². The number of hydrogen-bond donors (Lipinski definition) is 1. The molecule has 0 unspecified atom stereocenters. The molecule has 0 aromatic heterocycles. The first-order chi connectivity index (χ1) is 4.76. The van der Waals surface area contributed by atoms with Crippen molar-refractivity contribution in [2.45, 2.75) is 31.3 Å². The fraction of sp³-hybridized carbons (Fsp3) is 0.778. The molecule has 0 radical (unpaired) electrons. The minimum atomic E-state index is -0.341. The maximum absolute atomic E-state index is 9.93. The molecule has 0 saturated heterocycles. The van der Waals surface area contributed by atoms with Crippen LogP contribution in [0.2, 0.25) is 0 Å². The lowest BCUT2D eigenvalue weighted by molar-refractivity contribution is 0.0287. The molecule has 2 aliphatic rings. The van der Waals surface area contributed by atoms with Gasteiger partial charge in [0.2, 0.25) is 0 Å². The highest BCUT2D eigenvalue weighted by molar-refractivity contribution is 5.09. The van der Waals surface area contributed by atoms with Gasteiger partial charge in [-0.1, -0.05) is 6.08 Å². The molecule has 2 saturated carbocycles. The second-order valence-corrected chi connectivity index (χ2v) is 3.70. The van der Waals surface area contributed by atoms with Gasteiger partial charge in [-0.05, 0) is 31.6 Å². The first-order valence-corrected chi connectivity index (χ1v) is 4.11. The van der Waals surface area contributed by atoms with E-state index in [0.29, 0.717) is 5.92 Å². The lowest BCUT2D eigenvalue weighted by atomic mass is 9.93. The molecule has 2 bridgehead atoms. The molecule has 2 aliphatic carbocycles. The van der Waals surface area contributed by atoms with Crippen LogP contribution in [0.4, 0.5) is 0 Å². The Morgan fingerprint density at radius 2 is 2.00 bits per heavy atom. The summed E-state index contributed by atoms with van der Waals surface area (Å²) in [4.78, 5) is 0. The highest BCUT2D eigenvalue weighted by Crippen LogP contribution is 2.52. The Labute approximate surface area is 61.8 Å². The number of aliphatic hydroxyl groups is 1. The Balaban J connectivity index is 2.27. The van der Waals surface area contributed by atoms with E-state index in [1.807, 2.05) is 6.08 Å². The molecule has 0 aromatic rings. The summed E-state index contributed by atoms with van der Waals surface area (Å²) in [6, 6.07) is 0. The Hall–Kier alpha value is -0.300. The number of hydrogen-bond acceptors (Lipinski definition) is 1. The summed E-state index contributed by atoms with van der Waals surface area (Å²) in [5.41, 5.74) is -0.341. The summed E-state index contributed by atoms with van der Waals surface area (Å²) in [6.07, 6.45) is 6.40. The van der Waals surface area contributed by atoms with E-state index >= 15 is 0 Å². The van der Waals surface area contributed by atoms with E-state index in [1.165, 1.54) is 12.8 Å². The van der Waals surface area contributed by atoms with Gasteiger partial charge in [0.15, 0.2) is 0 Å². The largest absolute Gasteiger partial charge is 0.389 e. The van der Waals surface area contributed by atoms with Crippen LogP contribution in [0, 0.1) is 11.8 Å². The predicted molar refractivity (Wildman–Crippen MR) is 40.6 cm³/mol. The molecular formula is C9H14O. The summed E-state index contributed by atoms with van der Waals surface area (Å²) in [6.45, 7) is 3.77. The quantitative estimate of drug-likeness (QED) is 0.547. The van der Waals surface area contributed by atoms with Crippen LogP contribution in [0.3, 0.4) is 0 Å². The third-order valence-corrected chi connectivity index (χ3v) is 3.28. The monoisotopic (exact) mass is 138 g/mol. The molecule has 1 nitrogen and oxygen atoms in total. The second kappa shape index (κ2) is 1.85. The van der Waals surface area contributed by atoms with Gasteiger partial charge in [0.25, 0.3) is 0 Å². The fourth-order valence-corrected chi connectivity index (χ4v) is 2.68. The highest BCUT2D eigenvalue weighted by Gasteiger charge is 2.50. The minimum absolute atomic E-state index is 0.341. The summed E-state index contributed by atoms with van der Waals surface area (Å²) >= 11 is 0. The van der Waals surface area contributed by atoms with Crippen molar-refractivity contribution in [3.63, 3.8) is 0 Å². The molecule has 0 aliphatic heterocycles. The Kier molecular flexibility index (Phi) is 1.19. The van der Waals surface area contributed by atoms with E-state index in [1.54, 1.807) is 0 Å². The highest BCUT2D eigenvalue weighted by atomic mass is 16.3. The van der Waals surface area contributed by atoms with Gasteiger partial charge in [-0.25, -0.2) is 0 Å². The molecule has 0 aromatic carbocycles. The standard InChI is InChI=1S/C9H14O/c1-2-8-7-3-5-9(8,10)6-4-7/h2,7-8,10H,1,3-6H2/t7?,8-,9?/m1/s1. The molecular weight excluding hydrogens is 124 g/mol. The van der Waals surface area contributed by atoms with E-state index in [2.05, 4.69) is 6.58 Å². The molecule has 2 rings (SSSR count). The molecule has 0 heterocycles. The van der Waals surface area contributed by atoms with E-state index < -0.39 is 0 Å². The second-order valence-electron chi connectivity index (χ2n) is 3.70. The van der Waals surface area contributed by atoms with Gasteiger partial charge < -0.3 is 5.11 Å². The van der Waals surface area contributed by atoms with Gasteiger partial charge in [-0.15, -0.1) is 6.58 Å². The van der Waals surface area contributed by atoms with Crippen molar-refractivity contribution >= 4 is 0 Å². The third kappa shape index (κ3) is 0.615. The van der Waals surface area contributed by atoms with Crippen LogP contribution in [0.15, 0.2) is 12.7 Å². The molecule has 2 fully saturated rings. The van der Waals surface area contributed by atoms with Crippen molar-refractivity contribution in [3.8, 4) is 0 Å². The number of fused-ring (bicyclic) bond motifs is 2. The number of rotatable bonds is 1. The normalized spacial score (nSPS) is 51.7. The average molecular weight is 138 g/mol. The first kappa shape index (κ1) is 6.41. The molecule has 10 heavy (non-hydrogen) atoms. The average Bonchev–Trinajstić information content (AvgIpc) is 2.39. The summed E-state index contributed by atoms with van der Waals surface area (Å²) in [7, 11) is 0. The van der Waals surface area contributed by atoms with Crippen LogP contribution >= 0.6 is 0 Å². The summed E-state index contributed by atoms with van der Waals surface area (Å²) in [5, 5.41) is 9.93. The lowest BCUT2D eigenvalue weighted by Crippen LogP contribution is -2.28. The Bertz CT molecular complexity index is 154. The van der Waals surface area contributed by atoms with Crippen molar-refractivity contribution in [1.82, 2.24) is 0 Å². The van der Waals surface area contributed by atoms with Gasteiger partial charge in [0.05, 0.1) is 5.60 Å². The first-order valence-electron chi connectivity index (χ1n) is 4.11. The van der Waals surface area contributed by atoms with Crippen LogP contribution in [-0.2, 0) is 0 Å². The third-order valence-electron chi connectivity index (χ3n) is 3.28. The van der Waals surface area contributed by atoms with E-state index in [9.17, 15) is 5.11 Å². The zero-order chi connectivity index (χ0) is 7.19. The van der Waals surface area contributed by atoms with E-state index in [4.69, 9.17) is 0 Å². The van der Waals surface area contributed by atoms with Crippen molar-refractivity contribution in [2.75, 3.05) is 0 Å². The van der Waals surface area contributed by atoms with Crippen molar-refractivity contribution in [2.24, 2.45) is 11.8 Å². The van der Waals surface area contributed by atoms with Gasteiger partial charge >= 0.3 is 0 Å². The maximum atomic E-state index is 9.93. The van der Waals surface area contributed by atoms with Gasteiger partial charge in [-0.2, -0.15) is 0 Å². The molecule has 1 atom stereocenters. The predicted octanol–water partition coefficient (Wildman–Crippen LogP) is 1.72. The maximum Gasteiger partial charge on any atom is 0.0712 e. The van der Waals surface area contributed by atoms with Gasteiger partial charge in [0, 0.05) is 5.92 Å². The summed E-state index contributed by atoms with van der Waals surface area (Å²) < 4.78 is 0. The van der Waals surface area contributed by atoms with Gasteiger partial charge in [-0.3, -0.25) is 0 Å². The van der Waals surface area contributed by atoms with Crippen molar-refractivity contribution in [3.05, 3.63) is 12.7 Å². The molecule has 0 amide bonds. The SMILES string of the molecule is C=C[C@@H]1C2CCC1(O)CC2. The molecule has 1 heteroatoms. The van der Waals surface area contributed by atoms with Crippen LogP contribution in [0.1, 0.15) is 25.7 Å². The van der Waals surface area contributed by atoms with Crippen LogP contribution in [0.5, 0.6) is 0 Å². The van der Waals surface area contributed by atoms with Crippen LogP contribution < -0.4 is 0 Å².